The van der Waals surface area contributed by atoms with E-state index in [1.54, 1.807) is 48.8 Å². The van der Waals surface area contributed by atoms with Crippen molar-refractivity contribution in [1.29, 1.82) is 0 Å². The molecule has 1 heterocycles. The Morgan fingerprint density at radius 2 is 1.68 bits per heavy atom. The average molecular weight is 255 g/mol. The standard InChI is InChI=1S/C14H13N3O2/c1-10(18)11-3-2-4-13(9-11)17-14(19)16-12-5-7-15-8-6-12/h2-9H,1H3,(H2,15,16,17,19). The van der Waals surface area contributed by atoms with Crippen molar-refractivity contribution < 1.29 is 9.59 Å². The summed E-state index contributed by atoms with van der Waals surface area (Å²) in [4.78, 5) is 26.8. The fourth-order valence-corrected chi connectivity index (χ4v) is 1.54. The lowest BCUT2D eigenvalue weighted by Crippen LogP contribution is -2.19. The SMILES string of the molecule is CC(=O)c1cccc(NC(=O)Nc2ccncc2)c1. The smallest absolute Gasteiger partial charge is 0.308 e. The lowest BCUT2D eigenvalue weighted by molar-refractivity contribution is 0.101. The van der Waals surface area contributed by atoms with Gasteiger partial charge in [0.1, 0.15) is 0 Å². The molecule has 0 aliphatic carbocycles. The number of benzene rings is 1. The third-order valence-electron chi connectivity index (χ3n) is 2.47. The lowest BCUT2D eigenvalue weighted by atomic mass is 10.1. The number of urea groups is 1. The number of hydrogen-bond acceptors (Lipinski definition) is 3. The van der Waals surface area contributed by atoms with Crippen LogP contribution in [0.25, 0.3) is 0 Å². The minimum atomic E-state index is -0.369. The van der Waals surface area contributed by atoms with Crippen molar-refractivity contribution in [2.24, 2.45) is 0 Å². The molecule has 1 aromatic carbocycles. The molecule has 0 saturated heterocycles. The number of carbonyl (C=O) groups excluding carboxylic acids is 2. The van der Waals surface area contributed by atoms with Crippen molar-refractivity contribution in [2.45, 2.75) is 6.92 Å². The molecule has 0 spiro atoms. The van der Waals surface area contributed by atoms with E-state index >= 15 is 0 Å². The molecule has 0 bridgehead atoms. The number of nitrogens with one attached hydrogen (secondary N) is 2. The van der Waals surface area contributed by atoms with Gasteiger partial charge in [-0.1, -0.05) is 12.1 Å². The van der Waals surface area contributed by atoms with Crippen LogP contribution >= 0.6 is 0 Å². The predicted molar refractivity (Wildman–Crippen MR) is 73.3 cm³/mol. The van der Waals surface area contributed by atoms with Crippen LogP contribution in [0.3, 0.4) is 0 Å². The van der Waals surface area contributed by atoms with E-state index in [0.29, 0.717) is 16.9 Å². The normalized spacial score (nSPS) is 9.74. The van der Waals surface area contributed by atoms with Gasteiger partial charge in [-0.25, -0.2) is 4.79 Å². The Kier molecular flexibility index (Phi) is 3.87. The first kappa shape index (κ1) is 12.8. The lowest BCUT2D eigenvalue weighted by Gasteiger charge is -2.08. The number of hydrogen-bond donors (Lipinski definition) is 2. The molecule has 0 aliphatic rings. The fraction of sp³-hybridized carbons (Fsp3) is 0.0714. The highest BCUT2D eigenvalue weighted by Gasteiger charge is 2.04. The number of carbonyl (C=O) groups is 2. The molecule has 5 nitrogen and oxygen atoms in total. The van der Waals surface area contributed by atoms with Gasteiger partial charge >= 0.3 is 6.03 Å². The first-order valence-corrected chi connectivity index (χ1v) is 5.74. The minimum absolute atomic E-state index is 0.0433. The number of rotatable bonds is 3. The van der Waals surface area contributed by atoms with Gasteiger partial charge in [0, 0.05) is 29.3 Å². The second-order valence-electron chi connectivity index (χ2n) is 3.95. The van der Waals surface area contributed by atoms with Crippen molar-refractivity contribution in [3.8, 4) is 0 Å². The molecule has 96 valence electrons. The number of anilines is 2. The van der Waals surface area contributed by atoms with E-state index in [1.807, 2.05) is 0 Å². The molecule has 0 atom stereocenters. The second-order valence-corrected chi connectivity index (χ2v) is 3.95. The van der Waals surface area contributed by atoms with E-state index in [1.165, 1.54) is 6.92 Å². The maximum absolute atomic E-state index is 11.7. The van der Waals surface area contributed by atoms with E-state index in [-0.39, 0.29) is 11.8 Å². The molecule has 1 aromatic heterocycles. The van der Waals surface area contributed by atoms with Crippen LogP contribution in [0.2, 0.25) is 0 Å². The molecule has 19 heavy (non-hydrogen) atoms. The van der Waals surface area contributed by atoms with E-state index in [9.17, 15) is 9.59 Å². The number of ketones is 1. The van der Waals surface area contributed by atoms with Crippen LogP contribution in [0, 0.1) is 0 Å². The van der Waals surface area contributed by atoms with E-state index in [2.05, 4.69) is 15.6 Å². The Bertz CT molecular complexity index is 597. The van der Waals surface area contributed by atoms with Gasteiger partial charge in [0.05, 0.1) is 0 Å². The van der Waals surface area contributed by atoms with Crippen LogP contribution in [0.5, 0.6) is 0 Å². The first-order chi connectivity index (χ1) is 9.15. The van der Waals surface area contributed by atoms with Crippen molar-refractivity contribution in [1.82, 2.24) is 4.98 Å². The summed E-state index contributed by atoms with van der Waals surface area (Å²) in [7, 11) is 0. The summed E-state index contributed by atoms with van der Waals surface area (Å²) >= 11 is 0. The van der Waals surface area contributed by atoms with Crippen molar-refractivity contribution in [3.63, 3.8) is 0 Å². The van der Waals surface area contributed by atoms with Gasteiger partial charge in [0.25, 0.3) is 0 Å². The van der Waals surface area contributed by atoms with Crippen LogP contribution in [0.4, 0.5) is 16.2 Å². The molecular formula is C14H13N3O2. The summed E-state index contributed by atoms with van der Waals surface area (Å²) in [5.41, 5.74) is 1.77. The summed E-state index contributed by atoms with van der Waals surface area (Å²) < 4.78 is 0. The van der Waals surface area contributed by atoms with Crippen LogP contribution in [0.1, 0.15) is 17.3 Å². The van der Waals surface area contributed by atoms with E-state index < -0.39 is 0 Å². The summed E-state index contributed by atoms with van der Waals surface area (Å²) in [6, 6.07) is 9.78. The third kappa shape index (κ3) is 3.64. The first-order valence-electron chi connectivity index (χ1n) is 5.74. The van der Waals surface area contributed by atoms with Gasteiger partial charge in [-0.15, -0.1) is 0 Å². The zero-order chi connectivity index (χ0) is 13.7. The molecule has 0 unspecified atom stereocenters. The molecule has 2 N–H and O–H groups in total. The van der Waals surface area contributed by atoms with Crippen LogP contribution < -0.4 is 10.6 Å². The quantitative estimate of drug-likeness (QED) is 0.828. The van der Waals surface area contributed by atoms with Crippen molar-refractivity contribution in [3.05, 3.63) is 54.4 Å². The Balaban J connectivity index is 2.03. The monoisotopic (exact) mass is 255 g/mol. The maximum Gasteiger partial charge on any atom is 0.323 e. The fourth-order valence-electron chi connectivity index (χ4n) is 1.54. The van der Waals surface area contributed by atoms with Gasteiger partial charge < -0.3 is 10.6 Å². The average Bonchev–Trinajstić information content (AvgIpc) is 2.40. The topological polar surface area (TPSA) is 71.1 Å². The molecule has 2 aromatic rings. The Labute approximate surface area is 110 Å². The summed E-state index contributed by atoms with van der Waals surface area (Å²) in [6.07, 6.45) is 3.18. The molecule has 2 rings (SSSR count). The maximum atomic E-state index is 11.7. The van der Waals surface area contributed by atoms with Crippen molar-refractivity contribution in [2.75, 3.05) is 10.6 Å². The number of aromatic nitrogens is 1. The van der Waals surface area contributed by atoms with Crippen LogP contribution in [-0.2, 0) is 0 Å². The predicted octanol–water partition coefficient (Wildman–Crippen LogP) is 2.93. The highest BCUT2D eigenvalue weighted by atomic mass is 16.2. The highest BCUT2D eigenvalue weighted by Crippen LogP contribution is 2.12. The van der Waals surface area contributed by atoms with Gasteiger partial charge in [-0.3, -0.25) is 9.78 Å². The van der Waals surface area contributed by atoms with Gasteiger partial charge in [0.2, 0.25) is 0 Å². The van der Waals surface area contributed by atoms with E-state index in [4.69, 9.17) is 0 Å². The van der Waals surface area contributed by atoms with Gasteiger partial charge in [-0.05, 0) is 31.2 Å². The number of pyridine rings is 1. The molecule has 5 heteroatoms. The summed E-state index contributed by atoms with van der Waals surface area (Å²) in [5.74, 6) is -0.0433. The Hall–Kier alpha value is -2.69. The minimum Gasteiger partial charge on any atom is -0.308 e. The molecule has 0 fully saturated rings. The summed E-state index contributed by atoms with van der Waals surface area (Å²) in [6.45, 7) is 1.48. The molecular weight excluding hydrogens is 242 g/mol. The zero-order valence-electron chi connectivity index (χ0n) is 10.4. The Morgan fingerprint density at radius 1 is 1.00 bits per heavy atom. The van der Waals surface area contributed by atoms with Gasteiger partial charge in [-0.2, -0.15) is 0 Å². The molecule has 0 aliphatic heterocycles. The number of nitrogens with zero attached hydrogens (tertiary/aromatic N) is 1. The highest BCUT2D eigenvalue weighted by molar-refractivity contribution is 6.01. The largest absolute Gasteiger partial charge is 0.323 e. The number of Topliss-reactive ketones (excluding diaryl/α,β-unsaturated/α-hetero) is 1. The second kappa shape index (κ2) is 5.77. The third-order valence-corrected chi connectivity index (χ3v) is 2.47. The van der Waals surface area contributed by atoms with Crippen LogP contribution in [-0.4, -0.2) is 16.8 Å². The van der Waals surface area contributed by atoms with Crippen molar-refractivity contribution >= 4 is 23.2 Å². The zero-order valence-corrected chi connectivity index (χ0v) is 10.4. The Morgan fingerprint density at radius 3 is 2.37 bits per heavy atom. The number of amides is 2. The molecule has 0 saturated carbocycles. The van der Waals surface area contributed by atoms with Gasteiger partial charge in [0.15, 0.2) is 5.78 Å². The van der Waals surface area contributed by atoms with Crippen LogP contribution in [0.15, 0.2) is 48.8 Å². The summed E-state index contributed by atoms with van der Waals surface area (Å²) in [5, 5.41) is 5.33. The van der Waals surface area contributed by atoms with E-state index in [0.717, 1.165) is 0 Å². The molecule has 0 radical (unpaired) electrons. The molecule has 2 amide bonds.